The molecule has 7 heteroatoms. The monoisotopic (exact) mass is 392 g/mol. The van der Waals surface area contributed by atoms with E-state index in [1.54, 1.807) is 17.5 Å². The molecule has 0 radical (unpaired) electrons. The molecule has 1 amide bonds. The second-order valence-corrected chi connectivity index (χ2v) is 10.0. The first kappa shape index (κ1) is 19.1. The Balaban J connectivity index is 1.89. The summed E-state index contributed by atoms with van der Waals surface area (Å²) < 4.78 is 27.9. The molecule has 1 aliphatic rings. The van der Waals surface area contributed by atoms with Crippen molar-refractivity contribution >= 4 is 27.3 Å². The maximum Gasteiger partial charge on any atom is 0.253 e. The zero-order chi connectivity index (χ0) is 18.7. The van der Waals surface area contributed by atoms with E-state index < -0.39 is 16.1 Å². The molecule has 1 aromatic heterocycles. The van der Waals surface area contributed by atoms with Gasteiger partial charge < -0.3 is 5.32 Å². The zero-order valence-electron chi connectivity index (χ0n) is 15.0. The summed E-state index contributed by atoms with van der Waals surface area (Å²) in [7, 11) is -3.71. The Morgan fingerprint density at radius 1 is 1.23 bits per heavy atom. The Morgan fingerprint density at radius 3 is 2.62 bits per heavy atom. The molecule has 1 N–H and O–H groups in total. The molecule has 1 unspecified atom stereocenters. The summed E-state index contributed by atoms with van der Waals surface area (Å²) in [6.07, 6.45) is 1.26. The van der Waals surface area contributed by atoms with Crippen molar-refractivity contribution in [3.05, 3.63) is 52.9 Å². The molecular formula is C19H24N2O3S2. The Hall–Kier alpha value is -1.70. The zero-order valence-corrected chi connectivity index (χ0v) is 16.6. The van der Waals surface area contributed by atoms with Gasteiger partial charge in [-0.3, -0.25) is 4.79 Å². The van der Waals surface area contributed by atoms with Crippen LogP contribution in [-0.2, 0) is 27.8 Å². The van der Waals surface area contributed by atoms with Crippen LogP contribution >= 0.6 is 11.3 Å². The normalized spacial score (nSPS) is 17.9. The van der Waals surface area contributed by atoms with Crippen LogP contribution in [0.25, 0.3) is 0 Å². The largest absolute Gasteiger partial charge is 0.355 e. The molecular weight excluding hydrogens is 368 g/mol. The maximum atomic E-state index is 13.1. The van der Waals surface area contributed by atoms with Crippen molar-refractivity contribution in [3.8, 4) is 0 Å². The molecule has 3 rings (SSSR count). The number of carbonyl (C=O) groups excluding carboxylic acids is 1. The van der Waals surface area contributed by atoms with Gasteiger partial charge in [0.2, 0.25) is 5.91 Å². The highest BCUT2D eigenvalue weighted by Gasteiger charge is 2.39. The van der Waals surface area contributed by atoms with Gasteiger partial charge in [0, 0.05) is 13.1 Å². The molecule has 2 heterocycles. The maximum absolute atomic E-state index is 13.1. The van der Waals surface area contributed by atoms with Crippen LogP contribution in [0.5, 0.6) is 0 Å². The average molecular weight is 393 g/mol. The molecule has 0 saturated carbocycles. The van der Waals surface area contributed by atoms with Gasteiger partial charge in [-0.1, -0.05) is 44.2 Å². The Morgan fingerprint density at radius 2 is 1.96 bits per heavy atom. The minimum atomic E-state index is -3.71. The minimum absolute atomic E-state index is 0.221. The van der Waals surface area contributed by atoms with E-state index in [0.29, 0.717) is 18.9 Å². The molecule has 1 aliphatic heterocycles. The summed E-state index contributed by atoms with van der Waals surface area (Å²) in [6.45, 7) is 4.97. The fourth-order valence-electron chi connectivity index (χ4n) is 3.10. The molecule has 0 saturated heterocycles. The van der Waals surface area contributed by atoms with Crippen LogP contribution in [0.15, 0.2) is 46.0 Å². The lowest BCUT2D eigenvalue weighted by Gasteiger charge is -2.34. The highest BCUT2D eigenvalue weighted by molar-refractivity contribution is 7.91. The topological polar surface area (TPSA) is 66.5 Å². The fraction of sp³-hybridized carbons (Fsp3) is 0.421. The van der Waals surface area contributed by atoms with Crippen molar-refractivity contribution in [1.29, 1.82) is 0 Å². The molecule has 1 aromatic carbocycles. The van der Waals surface area contributed by atoms with Crippen LogP contribution in [0.3, 0.4) is 0 Å². The Labute approximate surface area is 159 Å². The van der Waals surface area contributed by atoms with E-state index >= 15 is 0 Å². The molecule has 2 aromatic rings. The summed E-state index contributed by atoms with van der Waals surface area (Å²) >= 11 is 1.18. The van der Waals surface area contributed by atoms with Gasteiger partial charge in [0.1, 0.15) is 10.3 Å². The molecule has 0 aliphatic carbocycles. The SMILES string of the molecule is CC(C)CCNC(=O)C1Cc2ccccc2CN1S(=O)(=O)c1cccs1. The number of amides is 1. The van der Waals surface area contributed by atoms with Crippen LogP contribution in [0.1, 0.15) is 31.4 Å². The lowest BCUT2D eigenvalue weighted by Crippen LogP contribution is -2.52. The number of hydrogen-bond acceptors (Lipinski definition) is 4. The van der Waals surface area contributed by atoms with Crippen LogP contribution < -0.4 is 5.32 Å². The van der Waals surface area contributed by atoms with Crippen molar-refractivity contribution in [2.45, 2.75) is 43.5 Å². The summed E-state index contributed by atoms with van der Waals surface area (Å²) in [4.78, 5) is 12.8. The van der Waals surface area contributed by atoms with Crippen molar-refractivity contribution in [2.75, 3.05) is 6.54 Å². The van der Waals surface area contributed by atoms with Crippen molar-refractivity contribution in [3.63, 3.8) is 0 Å². The number of carbonyl (C=O) groups is 1. The third-order valence-corrected chi connectivity index (χ3v) is 7.81. The lowest BCUT2D eigenvalue weighted by molar-refractivity contribution is -0.125. The molecule has 0 bridgehead atoms. The van der Waals surface area contributed by atoms with E-state index in [9.17, 15) is 13.2 Å². The standard InChI is InChI=1S/C19H24N2O3S2/c1-14(2)9-10-20-19(22)17-12-15-6-3-4-7-16(15)13-21(17)26(23,24)18-8-5-11-25-18/h3-8,11,14,17H,9-10,12-13H2,1-2H3,(H,20,22). The first-order valence-corrected chi connectivity index (χ1v) is 11.1. The molecule has 140 valence electrons. The summed E-state index contributed by atoms with van der Waals surface area (Å²) in [6, 6.07) is 10.3. The van der Waals surface area contributed by atoms with E-state index in [0.717, 1.165) is 17.5 Å². The summed E-state index contributed by atoms with van der Waals surface area (Å²) in [5, 5.41) is 4.66. The second kappa shape index (κ2) is 7.90. The highest BCUT2D eigenvalue weighted by atomic mass is 32.2. The van der Waals surface area contributed by atoms with Crippen molar-refractivity contribution in [1.82, 2.24) is 9.62 Å². The molecule has 0 spiro atoms. The Bertz CT molecular complexity index is 861. The van der Waals surface area contributed by atoms with Gasteiger partial charge in [-0.15, -0.1) is 11.3 Å². The van der Waals surface area contributed by atoms with Crippen LogP contribution in [0.2, 0.25) is 0 Å². The number of fused-ring (bicyclic) bond motifs is 1. The van der Waals surface area contributed by atoms with Crippen LogP contribution in [-0.4, -0.2) is 31.2 Å². The molecule has 5 nitrogen and oxygen atoms in total. The van der Waals surface area contributed by atoms with Gasteiger partial charge in [-0.05, 0) is 41.3 Å². The van der Waals surface area contributed by atoms with Crippen LogP contribution in [0.4, 0.5) is 0 Å². The lowest BCUT2D eigenvalue weighted by atomic mass is 9.95. The number of benzene rings is 1. The Kier molecular flexibility index (Phi) is 5.79. The van der Waals surface area contributed by atoms with Crippen molar-refractivity contribution in [2.24, 2.45) is 5.92 Å². The fourth-order valence-corrected chi connectivity index (χ4v) is 5.79. The van der Waals surface area contributed by atoms with E-state index in [1.165, 1.54) is 15.6 Å². The van der Waals surface area contributed by atoms with E-state index in [1.807, 2.05) is 24.3 Å². The molecule has 26 heavy (non-hydrogen) atoms. The number of rotatable bonds is 6. The molecule has 1 atom stereocenters. The first-order valence-electron chi connectivity index (χ1n) is 8.79. The number of nitrogens with zero attached hydrogens (tertiary/aromatic N) is 1. The number of nitrogens with one attached hydrogen (secondary N) is 1. The first-order chi connectivity index (χ1) is 12.4. The van der Waals surface area contributed by atoms with Gasteiger partial charge in [0.25, 0.3) is 10.0 Å². The van der Waals surface area contributed by atoms with Crippen LogP contribution in [0, 0.1) is 5.92 Å². The summed E-state index contributed by atoms with van der Waals surface area (Å²) in [5.41, 5.74) is 1.99. The molecule has 0 fully saturated rings. The number of hydrogen-bond donors (Lipinski definition) is 1. The van der Waals surface area contributed by atoms with Gasteiger partial charge in [0.15, 0.2) is 0 Å². The van der Waals surface area contributed by atoms with E-state index in [2.05, 4.69) is 19.2 Å². The second-order valence-electron chi connectivity index (χ2n) is 6.94. The minimum Gasteiger partial charge on any atom is -0.355 e. The predicted octanol–water partition coefficient (Wildman–Crippen LogP) is 3.03. The van der Waals surface area contributed by atoms with E-state index in [-0.39, 0.29) is 16.7 Å². The smallest absolute Gasteiger partial charge is 0.253 e. The third kappa shape index (κ3) is 4.00. The van der Waals surface area contributed by atoms with E-state index in [4.69, 9.17) is 0 Å². The predicted molar refractivity (Wildman–Crippen MR) is 103 cm³/mol. The number of sulfonamides is 1. The van der Waals surface area contributed by atoms with Gasteiger partial charge in [-0.2, -0.15) is 4.31 Å². The van der Waals surface area contributed by atoms with Crippen molar-refractivity contribution < 1.29 is 13.2 Å². The summed E-state index contributed by atoms with van der Waals surface area (Å²) in [5.74, 6) is 0.258. The van der Waals surface area contributed by atoms with Gasteiger partial charge in [-0.25, -0.2) is 8.42 Å². The quantitative estimate of drug-likeness (QED) is 0.822. The average Bonchev–Trinajstić information content (AvgIpc) is 3.15. The highest BCUT2D eigenvalue weighted by Crippen LogP contribution is 2.30. The third-order valence-electron chi connectivity index (χ3n) is 4.59. The number of thiophene rings is 1. The van der Waals surface area contributed by atoms with Gasteiger partial charge in [0.05, 0.1) is 0 Å². The van der Waals surface area contributed by atoms with Gasteiger partial charge >= 0.3 is 0 Å².